The number of H-pyrrole nitrogens is 1. The zero-order valence-corrected chi connectivity index (χ0v) is 15.6. The minimum atomic E-state index is -0.0542. The lowest BCUT2D eigenvalue weighted by atomic mass is 10.0. The molecular formula is C20H26N4O3. The van der Waals surface area contributed by atoms with Crippen LogP contribution >= 0.6 is 0 Å². The molecule has 2 fully saturated rings. The van der Waals surface area contributed by atoms with E-state index in [1.807, 2.05) is 11.0 Å². The second-order valence-electron chi connectivity index (χ2n) is 7.31. The van der Waals surface area contributed by atoms with Crippen LogP contribution in [0.4, 0.5) is 0 Å². The number of para-hydroxylation sites is 1. The summed E-state index contributed by atoms with van der Waals surface area (Å²) < 4.78 is 5.79. The molecule has 2 aliphatic heterocycles. The summed E-state index contributed by atoms with van der Waals surface area (Å²) in [5.74, 6) is 0.0966. The van der Waals surface area contributed by atoms with Crippen LogP contribution in [0.25, 0.3) is 11.3 Å². The second-order valence-corrected chi connectivity index (χ2v) is 7.31. The van der Waals surface area contributed by atoms with Crippen molar-refractivity contribution in [3.8, 4) is 17.0 Å². The number of morpholine rings is 1. The minimum absolute atomic E-state index is 0.0542. The van der Waals surface area contributed by atoms with Gasteiger partial charge in [-0.05, 0) is 24.6 Å². The van der Waals surface area contributed by atoms with E-state index < -0.39 is 0 Å². The van der Waals surface area contributed by atoms with Crippen molar-refractivity contribution < 1.29 is 14.6 Å². The molecule has 2 saturated heterocycles. The number of hydrogen-bond acceptors (Lipinski definition) is 5. The van der Waals surface area contributed by atoms with E-state index in [0.717, 1.165) is 26.0 Å². The molecule has 2 aliphatic rings. The molecule has 7 nitrogen and oxygen atoms in total. The average molecular weight is 370 g/mol. The van der Waals surface area contributed by atoms with Gasteiger partial charge in [0.1, 0.15) is 11.4 Å². The highest BCUT2D eigenvalue weighted by molar-refractivity contribution is 5.93. The van der Waals surface area contributed by atoms with Gasteiger partial charge in [-0.15, -0.1) is 0 Å². The van der Waals surface area contributed by atoms with Crippen molar-refractivity contribution in [1.29, 1.82) is 0 Å². The van der Waals surface area contributed by atoms with Gasteiger partial charge < -0.3 is 14.7 Å². The maximum atomic E-state index is 12.9. The number of benzene rings is 1. The number of phenolic OH excluding ortho intramolecular Hbond substituents is 1. The molecule has 0 aliphatic carbocycles. The lowest BCUT2D eigenvalue weighted by molar-refractivity contribution is -0.0776. The summed E-state index contributed by atoms with van der Waals surface area (Å²) in [6, 6.07) is 9.42. The minimum Gasteiger partial charge on any atom is -0.507 e. The predicted molar refractivity (Wildman–Crippen MR) is 102 cm³/mol. The SMILES string of the molecule is CCC[C@H]1COC[C@H]2CN(C(=O)c3cc(-c4ccccc4O)n[nH]3)CCN12. The van der Waals surface area contributed by atoms with Crippen LogP contribution < -0.4 is 0 Å². The van der Waals surface area contributed by atoms with Crippen molar-refractivity contribution in [3.63, 3.8) is 0 Å². The third-order valence-electron chi connectivity index (χ3n) is 5.52. The summed E-state index contributed by atoms with van der Waals surface area (Å²) in [6.45, 7) is 5.93. The van der Waals surface area contributed by atoms with Crippen LogP contribution in [0.5, 0.6) is 5.75 Å². The van der Waals surface area contributed by atoms with Gasteiger partial charge in [-0.1, -0.05) is 25.5 Å². The molecule has 0 radical (unpaired) electrons. The van der Waals surface area contributed by atoms with Crippen molar-refractivity contribution in [2.75, 3.05) is 32.8 Å². The van der Waals surface area contributed by atoms with Gasteiger partial charge in [-0.2, -0.15) is 5.10 Å². The number of nitrogens with zero attached hydrogens (tertiary/aromatic N) is 3. The highest BCUT2D eigenvalue weighted by atomic mass is 16.5. The molecule has 27 heavy (non-hydrogen) atoms. The number of piperazine rings is 1. The van der Waals surface area contributed by atoms with Crippen LogP contribution in [-0.4, -0.2) is 75.9 Å². The maximum absolute atomic E-state index is 12.9. The molecule has 1 amide bonds. The zero-order valence-electron chi connectivity index (χ0n) is 15.6. The van der Waals surface area contributed by atoms with Crippen LogP contribution in [0.3, 0.4) is 0 Å². The third-order valence-corrected chi connectivity index (χ3v) is 5.52. The summed E-state index contributed by atoms with van der Waals surface area (Å²) in [6.07, 6.45) is 2.28. The molecule has 4 rings (SSSR count). The second kappa shape index (κ2) is 7.70. The van der Waals surface area contributed by atoms with Gasteiger partial charge >= 0.3 is 0 Å². The third kappa shape index (κ3) is 3.57. The Balaban J connectivity index is 1.46. The molecule has 0 unspecified atom stereocenters. The summed E-state index contributed by atoms with van der Waals surface area (Å²) in [5.41, 5.74) is 1.63. The number of aromatic amines is 1. The predicted octanol–water partition coefficient (Wildman–Crippen LogP) is 2.11. The number of aromatic nitrogens is 2. The van der Waals surface area contributed by atoms with E-state index >= 15 is 0 Å². The van der Waals surface area contributed by atoms with Gasteiger partial charge in [-0.3, -0.25) is 14.8 Å². The van der Waals surface area contributed by atoms with E-state index in [1.54, 1.807) is 24.3 Å². The van der Waals surface area contributed by atoms with Crippen molar-refractivity contribution in [2.24, 2.45) is 0 Å². The lowest BCUT2D eigenvalue weighted by Crippen LogP contribution is -2.62. The summed E-state index contributed by atoms with van der Waals surface area (Å²) in [4.78, 5) is 17.3. The first-order chi connectivity index (χ1) is 13.2. The Kier molecular flexibility index (Phi) is 5.13. The first kappa shape index (κ1) is 18.0. The molecule has 0 bridgehead atoms. The molecule has 144 valence electrons. The summed E-state index contributed by atoms with van der Waals surface area (Å²) in [5, 5.41) is 17.0. The molecule has 0 spiro atoms. The Morgan fingerprint density at radius 2 is 2.19 bits per heavy atom. The standard InChI is InChI=1S/C20H26N4O3/c1-2-5-14-12-27-13-15-11-23(8-9-24(14)15)20(26)18-10-17(21-22-18)16-6-3-4-7-19(16)25/h3-4,6-7,10,14-15,25H,2,5,8-9,11-13H2,1H3,(H,21,22)/t14-,15+/m0/s1. The molecule has 1 aromatic heterocycles. The van der Waals surface area contributed by atoms with Gasteiger partial charge in [-0.25, -0.2) is 0 Å². The van der Waals surface area contributed by atoms with Crippen molar-refractivity contribution in [1.82, 2.24) is 20.0 Å². The Morgan fingerprint density at radius 1 is 1.33 bits per heavy atom. The van der Waals surface area contributed by atoms with E-state index in [1.165, 1.54) is 0 Å². The molecule has 2 aromatic rings. The van der Waals surface area contributed by atoms with E-state index in [4.69, 9.17) is 4.74 Å². The smallest absolute Gasteiger partial charge is 0.271 e. The number of nitrogens with one attached hydrogen (secondary N) is 1. The van der Waals surface area contributed by atoms with Gasteiger partial charge in [0.05, 0.1) is 24.9 Å². The fraction of sp³-hybridized carbons (Fsp3) is 0.500. The Labute approximate surface area is 158 Å². The number of rotatable bonds is 4. The van der Waals surface area contributed by atoms with Gasteiger partial charge in [0.25, 0.3) is 5.91 Å². The monoisotopic (exact) mass is 370 g/mol. The first-order valence-electron chi connectivity index (χ1n) is 9.64. The van der Waals surface area contributed by atoms with Crippen LogP contribution in [0.1, 0.15) is 30.3 Å². The van der Waals surface area contributed by atoms with Crippen molar-refractivity contribution in [3.05, 3.63) is 36.0 Å². The quantitative estimate of drug-likeness (QED) is 0.861. The molecule has 7 heteroatoms. The van der Waals surface area contributed by atoms with E-state index in [0.29, 0.717) is 42.7 Å². The molecule has 1 aromatic carbocycles. The van der Waals surface area contributed by atoms with Crippen molar-refractivity contribution in [2.45, 2.75) is 31.8 Å². The van der Waals surface area contributed by atoms with Crippen LogP contribution in [0, 0.1) is 0 Å². The van der Waals surface area contributed by atoms with Gasteiger partial charge in [0.2, 0.25) is 0 Å². The molecule has 3 heterocycles. The van der Waals surface area contributed by atoms with E-state index in [-0.39, 0.29) is 17.7 Å². The van der Waals surface area contributed by atoms with E-state index in [9.17, 15) is 9.90 Å². The largest absolute Gasteiger partial charge is 0.507 e. The normalized spacial score (nSPS) is 23.2. The average Bonchev–Trinajstić information content (AvgIpc) is 3.18. The topological polar surface area (TPSA) is 81.7 Å². The fourth-order valence-corrected chi connectivity index (χ4v) is 4.13. The highest BCUT2D eigenvalue weighted by Crippen LogP contribution is 2.28. The van der Waals surface area contributed by atoms with Gasteiger partial charge in [0, 0.05) is 31.2 Å². The zero-order chi connectivity index (χ0) is 18.8. The number of hydrogen-bond donors (Lipinski definition) is 2. The Hall–Kier alpha value is -2.38. The van der Waals surface area contributed by atoms with Crippen LogP contribution in [-0.2, 0) is 4.74 Å². The Bertz CT molecular complexity index is 804. The number of carbonyl (C=O) groups excluding carboxylic acids is 1. The lowest BCUT2D eigenvalue weighted by Gasteiger charge is -2.47. The van der Waals surface area contributed by atoms with E-state index in [2.05, 4.69) is 22.0 Å². The number of carbonyl (C=O) groups is 1. The molecule has 2 atom stereocenters. The Morgan fingerprint density at radius 3 is 3.00 bits per heavy atom. The number of fused-ring (bicyclic) bond motifs is 1. The summed E-state index contributed by atoms with van der Waals surface area (Å²) in [7, 11) is 0. The van der Waals surface area contributed by atoms with Crippen LogP contribution in [0.15, 0.2) is 30.3 Å². The van der Waals surface area contributed by atoms with Crippen LogP contribution in [0.2, 0.25) is 0 Å². The number of amides is 1. The number of ether oxygens (including phenoxy) is 1. The highest BCUT2D eigenvalue weighted by Gasteiger charge is 2.37. The molecule has 2 N–H and O–H groups in total. The summed E-state index contributed by atoms with van der Waals surface area (Å²) >= 11 is 0. The number of aromatic hydroxyl groups is 1. The number of phenols is 1. The maximum Gasteiger partial charge on any atom is 0.271 e. The van der Waals surface area contributed by atoms with Crippen molar-refractivity contribution >= 4 is 5.91 Å². The first-order valence-corrected chi connectivity index (χ1v) is 9.64. The van der Waals surface area contributed by atoms with Gasteiger partial charge in [0.15, 0.2) is 0 Å². The molecular weight excluding hydrogens is 344 g/mol. The fourth-order valence-electron chi connectivity index (χ4n) is 4.13. The molecule has 0 saturated carbocycles.